The van der Waals surface area contributed by atoms with E-state index >= 15 is 0 Å². The molecular weight excluding hydrogens is 338 g/mol. The fraction of sp³-hybridized carbons (Fsp3) is 0.211. The van der Waals surface area contributed by atoms with Gasteiger partial charge in [0.25, 0.3) is 0 Å². The molecule has 22 heavy (non-hydrogen) atoms. The fourth-order valence-corrected chi connectivity index (χ4v) is 2.79. The van der Waals surface area contributed by atoms with Gasteiger partial charge in [0.15, 0.2) is 0 Å². The lowest BCUT2D eigenvalue weighted by molar-refractivity contribution is -0.119. The third-order valence-electron chi connectivity index (χ3n) is 3.66. The molecule has 2 aromatic rings. The van der Waals surface area contributed by atoms with E-state index in [-0.39, 0.29) is 17.9 Å². The van der Waals surface area contributed by atoms with E-state index in [1.165, 1.54) is 5.56 Å². The van der Waals surface area contributed by atoms with Crippen LogP contribution in [0.5, 0.6) is 0 Å². The summed E-state index contributed by atoms with van der Waals surface area (Å²) in [6.07, 6.45) is 1.89. The molecule has 1 N–H and O–H groups in total. The van der Waals surface area contributed by atoms with Gasteiger partial charge >= 0.3 is 0 Å². The average molecular weight is 358 g/mol. The number of carbonyl (C=O) groups excluding carboxylic acids is 1. The minimum absolute atomic E-state index is 0.0136. The second-order valence-electron chi connectivity index (χ2n) is 5.40. The van der Waals surface area contributed by atoms with Gasteiger partial charge in [-0.25, -0.2) is 0 Å². The Morgan fingerprint density at radius 3 is 2.14 bits per heavy atom. The Hall–Kier alpha value is -1.87. The van der Waals surface area contributed by atoms with Crippen LogP contribution in [0.4, 0.5) is 0 Å². The van der Waals surface area contributed by atoms with Crippen LogP contribution in [0.25, 0.3) is 0 Å². The first-order chi connectivity index (χ1) is 10.5. The van der Waals surface area contributed by atoms with Crippen molar-refractivity contribution in [1.29, 1.82) is 0 Å². The van der Waals surface area contributed by atoms with E-state index in [0.717, 1.165) is 15.6 Å². The number of rotatable bonds is 5. The highest BCUT2D eigenvalue weighted by Crippen LogP contribution is 2.32. The lowest BCUT2D eigenvalue weighted by Crippen LogP contribution is -2.30. The normalized spacial score (nSPS) is 13.2. The molecule has 0 saturated carbocycles. The van der Waals surface area contributed by atoms with Crippen LogP contribution >= 0.6 is 15.9 Å². The molecular formula is C19H20BrNO. The molecule has 0 heterocycles. The molecule has 0 saturated heterocycles. The number of hydrogen-bond donors (Lipinski definition) is 1. The Bertz CT molecular complexity index is 646. The molecule has 0 spiro atoms. The van der Waals surface area contributed by atoms with Crippen molar-refractivity contribution in [2.45, 2.75) is 25.8 Å². The number of hydrogen-bond acceptors (Lipinski definition) is 1. The molecule has 0 radical (unpaired) electrons. The predicted octanol–water partition coefficient (Wildman–Crippen LogP) is 4.90. The molecule has 114 valence electrons. The molecule has 0 aliphatic carbocycles. The molecule has 3 heteroatoms. The Balaban J connectivity index is 2.41. The molecule has 2 aromatic carbocycles. The van der Waals surface area contributed by atoms with Gasteiger partial charge < -0.3 is 5.32 Å². The van der Waals surface area contributed by atoms with Crippen LogP contribution in [0.3, 0.4) is 0 Å². The van der Waals surface area contributed by atoms with Crippen LogP contribution < -0.4 is 5.32 Å². The van der Waals surface area contributed by atoms with E-state index in [9.17, 15) is 4.79 Å². The average Bonchev–Trinajstić information content (AvgIpc) is 2.49. The van der Waals surface area contributed by atoms with Crippen molar-refractivity contribution < 1.29 is 4.79 Å². The van der Waals surface area contributed by atoms with Crippen molar-refractivity contribution in [3.05, 3.63) is 82.3 Å². The highest BCUT2D eigenvalue weighted by atomic mass is 79.9. The Labute approximate surface area is 140 Å². The van der Waals surface area contributed by atoms with Gasteiger partial charge in [0.05, 0.1) is 6.04 Å². The quantitative estimate of drug-likeness (QED) is 0.757. The lowest BCUT2D eigenvalue weighted by atomic mass is 9.86. The highest BCUT2D eigenvalue weighted by Gasteiger charge is 2.23. The molecule has 0 aliphatic rings. The molecule has 2 rings (SSSR count). The maximum Gasteiger partial charge on any atom is 0.217 e. The van der Waals surface area contributed by atoms with Crippen LogP contribution in [0.1, 0.15) is 35.6 Å². The van der Waals surface area contributed by atoms with Crippen molar-refractivity contribution in [3.63, 3.8) is 0 Å². The summed E-state index contributed by atoms with van der Waals surface area (Å²) >= 11 is 3.45. The first-order valence-electron chi connectivity index (χ1n) is 7.23. The number of nitrogens with one attached hydrogen (secondary N) is 1. The highest BCUT2D eigenvalue weighted by molar-refractivity contribution is 9.10. The molecule has 0 unspecified atom stereocenters. The van der Waals surface area contributed by atoms with Crippen molar-refractivity contribution in [3.8, 4) is 0 Å². The van der Waals surface area contributed by atoms with Gasteiger partial charge in [-0.15, -0.1) is 6.58 Å². The minimum Gasteiger partial charge on any atom is -0.349 e. The second kappa shape index (κ2) is 7.41. The third-order valence-corrected chi connectivity index (χ3v) is 4.19. The van der Waals surface area contributed by atoms with Crippen molar-refractivity contribution >= 4 is 21.8 Å². The van der Waals surface area contributed by atoms with Crippen LogP contribution in [0.2, 0.25) is 0 Å². The van der Waals surface area contributed by atoms with Crippen LogP contribution in [-0.4, -0.2) is 5.91 Å². The zero-order chi connectivity index (χ0) is 16.1. The molecule has 0 fully saturated rings. The van der Waals surface area contributed by atoms with E-state index in [2.05, 4.69) is 71.1 Å². The topological polar surface area (TPSA) is 29.1 Å². The van der Waals surface area contributed by atoms with E-state index in [1.807, 2.05) is 18.2 Å². The Morgan fingerprint density at radius 1 is 1.09 bits per heavy atom. The van der Waals surface area contributed by atoms with Gasteiger partial charge in [-0.05, 0) is 30.2 Å². The molecule has 0 aliphatic heterocycles. The fourth-order valence-electron chi connectivity index (χ4n) is 2.52. The van der Waals surface area contributed by atoms with Crippen molar-refractivity contribution in [2.75, 3.05) is 0 Å². The summed E-state index contributed by atoms with van der Waals surface area (Å²) in [6.45, 7) is 7.57. The molecule has 0 aromatic heterocycles. The Kier molecular flexibility index (Phi) is 5.56. The number of amides is 1. The number of aryl methyl sites for hydroxylation is 1. The summed E-state index contributed by atoms with van der Waals surface area (Å²) in [5.74, 6) is -0.0331. The summed E-state index contributed by atoms with van der Waals surface area (Å²) in [5, 5.41) is 3.06. The monoisotopic (exact) mass is 357 g/mol. The summed E-state index contributed by atoms with van der Waals surface area (Å²) in [6, 6.07) is 16.2. The van der Waals surface area contributed by atoms with Crippen LogP contribution in [0, 0.1) is 6.92 Å². The number of carbonyl (C=O) groups is 1. The first kappa shape index (κ1) is 16.5. The summed E-state index contributed by atoms with van der Waals surface area (Å²) in [7, 11) is 0. The van der Waals surface area contributed by atoms with Crippen LogP contribution in [-0.2, 0) is 4.79 Å². The van der Waals surface area contributed by atoms with E-state index in [4.69, 9.17) is 0 Å². The summed E-state index contributed by atoms with van der Waals surface area (Å²) in [5.41, 5.74) is 3.40. The van der Waals surface area contributed by atoms with Gasteiger partial charge in [0, 0.05) is 17.3 Å². The van der Waals surface area contributed by atoms with E-state index < -0.39 is 0 Å². The van der Waals surface area contributed by atoms with Gasteiger partial charge in [-0.2, -0.15) is 0 Å². The standard InChI is InChI=1S/C19H20BrNO/c1-4-18(15-9-11-17(20)12-10-15)19(21-14(3)22)16-7-5-13(2)6-8-16/h4-12,18-19H,1H2,2-3H3,(H,21,22)/t18-,19+/m1/s1. The summed E-state index contributed by atoms with van der Waals surface area (Å²) in [4.78, 5) is 11.6. The first-order valence-corrected chi connectivity index (χ1v) is 8.02. The summed E-state index contributed by atoms with van der Waals surface area (Å²) < 4.78 is 1.03. The van der Waals surface area contributed by atoms with E-state index in [1.54, 1.807) is 6.92 Å². The largest absolute Gasteiger partial charge is 0.349 e. The molecule has 2 nitrogen and oxygen atoms in total. The molecule has 2 atom stereocenters. The maximum atomic E-state index is 11.6. The van der Waals surface area contributed by atoms with Crippen molar-refractivity contribution in [1.82, 2.24) is 5.32 Å². The van der Waals surface area contributed by atoms with Crippen molar-refractivity contribution in [2.24, 2.45) is 0 Å². The minimum atomic E-state index is -0.128. The zero-order valence-electron chi connectivity index (χ0n) is 12.8. The van der Waals surface area contributed by atoms with Gasteiger partial charge in [0.1, 0.15) is 0 Å². The predicted molar refractivity (Wildman–Crippen MR) is 94.8 cm³/mol. The van der Waals surface area contributed by atoms with Gasteiger partial charge in [0.2, 0.25) is 5.91 Å². The Morgan fingerprint density at radius 2 is 1.64 bits per heavy atom. The lowest BCUT2D eigenvalue weighted by Gasteiger charge is -2.26. The third kappa shape index (κ3) is 4.08. The SMILES string of the molecule is C=C[C@H](c1ccc(Br)cc1)[C@@H](NC(C)=O)c1ccc(C)cc1. The smallest absolute Gasteiger partial charge is 0.217 e. The second-order valence-corrected chi connectivity index (χ2v) is 6.32. The number of benzene rings is 2. The maximum absolute atomic E-state index is 11.6. The van der Waals surface area contributed by atoms with E-state index in [0.29, 0.717) is 0 Å². The number of halogens is 1. The molecule has 0 bridgehead atoms. The van der Waals surface area contributed by atoms with Crippen LogP contribution in [0.15, 0.2) is 65.7 Å². The zero-order valence-corrected chi connectivity index (χ0v) is 14.4. The van der Waals surface area contributed by atoms with Gasteiger partial charge in [-0.3, -0.25) is 4.79 Å². The van der Waals surface area contributed by atoms with Gasteiger partial charge in [-0.1, -0.05) is 64.0 Å². The molecule has 1 amide bonds.